The molecule has 3 rings (SSSR count). The number of H-pyrrole nitrogens is 1. The number of hydroxylamine groups is 1. The lowest BCUT2D eigenvalue weighted by Crippen LogP contribution is -2.42. The number of aromatic nitrogens is 5. The summed E-state index contributed by atoms with van der Waals surface area (Å²) in [7, 11) is 0. The van der Waals surface area contributed by atoms with E-state index in [9.17, 15) is 15.0 Å². The number of aliphatic hydroxyl groups excluding tert-OH is 3. The van der Waals surface area contributed by atoms with Gasteiger partial charge in [-0.1, -0.05) is 0 Å². The minimum absolute atomic E-state index is 0.0592. The summed E-state index contributed by atoms with van der Waals surface area (Å²) in [6, 6.07) is 0. The SMILES string of the molecule is Nc1nc2c(nnn2N2O[C@H](CO)[C@@H](O)[C@H]2O)c(=O)[nH]1. The number of hydrogen-bond acceptors (Lipinski definition) is 10. The second kappa shape index (κ2) is 4.38. The number of hydrogen-bond donors (Lipinski definition) is 5. The Morgan fingerprint density at radius 3 is 2.85 bits per heavy atom. The van der Waals surface area contributed by atoms with Crippen LogP contribution in [0, 0.1) is 0 Å². The van der Waals surface area contributed by atoms with Crippen molar-refractivity contribution in [2.75, 3.05) is 17.5 Å². The average molecular weight is 285 g/mol. The molecule has 2 aromatic heterocycles. The van der Waals surface area contributed by atoms with Crippen LogP contribution in [0.1, 0.15) is 0 Å². The molecule has 0 aromatic carbocycles. The van der Waals surface area contributed by atoms with Gasteiger partial charge in [-0.05, 0) is 5.21 Å². The number of nitrogens with one attached hydrogen (secondary N) is 1. The van der Waals surface area contributed by atoms with Crippen LogP contribution in [0.3, 0.4) is 0 Å². The van der Waals surface area contributed by atoms with Gasteiger partial charge in [-0.2, -0.15) is 4.98 Å². The predicted octanol–water partition coefficient (Wildman–Crippen LogP) is -3.98. The minimum atomic E-state index is -1.51. The first kappa shape index (κ1) is 12.7. The fourth-order valence-electron chi connectivity index (χ4n) is 1.85. The molecule has 0 spiro atoms. The van der Waals surface area contributed by atoms with Crippen LogP contribution in [-0.4, -0.2) is 65.4 Å². The summed E-state index contributed by atoms with van der Waals surface area (Å²) >= 11 is 0. The second-order valence-electron chi connectivity index (χ2n) is 4.14. The zero-order chi connectivity index (χ0) is 14.4. The van der Waals surface area contributed by atoms with Crippen molar-refractivity contribution in [3.63, 3.8) is 0 Å². The molecule has 1 saturated heterocycles. The molecule has 0 unspecified atom stereocenters. The van der Waals surface area contributed by atoms with Gasteiger partial charge in [-0.25, -0.2) is 4.84 Å². The zero-order valence-corrected chi connectivity index (χ0v) is 9.91. The standard InChI is InChI=1S/C8H11N7O5/c9-8-10-5-3(6(18)11-8)12-13-14(5)15-7(19)4(17)2(1-16)20-15/h2,4,7,16-17,19H,1H2,(H3,9,10,11,18)/t2-,4-,7-/m1/s1. The highest BCUT2D eigenvalue weighted by atomic mass is 16.8. The smallest absolute Gasteiger partial charge is 0.282 e. The third-order valence-corrected chi connectivity index (χ3v) is 2.84. The van der Waals surface area contributed by atoms with Crippen molar-refractivity contribution in [3.8, 4) is 0 Å². The van der Waals surface area contributed by atoms with Gasteiger partial charge in [-0.15, -0.1) is 15.1 Å². The Morgan fingerprint density at radius 2 is 2.20 bits per heavy atom. The summed E-state index contributed by atoms with van der Waals surface area (Å²) < 4.78 is 0. The van der Waals surface area contributed by atoms with E-state index in [1.165, 1.54) is 0 Å². The maximum atomic E-state index is 11.6. The van der Waals surface area contributed by atoms with E-state index in [1.54, 1.807) is 0 Å². The second-order valence-corrected chi connectivity index (χ2v) is 4.14. The molecule has 3 atom stereocenters. The van der Waals surface area contributed by atoms with Crippen molar-refractivity contribution < 1.29 is 20.2 Å². The number of aliphatic hydroxyl groups is 3. The molecule has 1 fully saturated rings. The van der Waals surface area contributed by atoms with Crippen molar-refractivity contribution in [1.82, 2.24) is 25.1 Å². The van der Waals surface area contributed by atoms with Gasteiger partial charge in [0, 0.05) is 0 Å². The van der Waals surface area contributed by atoms with Crippen LogP contribution in [-0.2, 0) is 4.84 Å². The van der Waals surface area contributed by atoms with Crippen LogP contribution in [0.2, 0.25) is 0 Å². The molecule has 20 heavy (non-hydrogen) atoms. The normalized spacial score (nSPS) is 26.6. The molecule has 0 radical (unpaired) electrons. The van der Waals surface area contributed by atoms with Gasteiger partial charge >= 0.3 is 0 Å². The van der Waals surface area contributed by atoms with E-state index >= 15 is 0 Å². The Kier molecular flexibility index (Phi) is 2.79. The molecule has 0 bridgehead atoms. The van der Waals surface area contributed by atoms with E-state index in [1.807, 2.05) is 0 Å². The number of nitrogens with two attached hydrogens (primary N) is 1. The predicted molar refractivity (Wildman–Crippen MR) is 62.5 cm³/mol. The summed E-state index contributed by atoms with van der Waals surface area (Å²) in [6.45, 7) is -0.516. The van der Waals surface area contributed by atoms with Gasteiger partial charge < -0.3 is 21.1 Å². The van der Waals surface area contributed by atoms with Gasteiger partial charge in [-0.3, -0.25) is 9.78 Å². The van der Waals surface area contributed by atoms with Gasteiger partial charge in [0.2, 0.25) is 11.6 Å². The molecule has 6 N–H and O–H groups in total. The molecule has 0 saturated carbocycles. The molecule has 0 aliphatic carbocycles. The first-order chi connectivity index (χ1) is 9.52. The van der Waals surface area contributed by atoms with Crippen molar-refractivity contribution >= 4 is 17.1 Å². The van der Waals surface area contributed by atoms with E-state index in [-0.39, 0.29) is 17.1 Å². The Labute approximate surface area is 109 Å². The fraction of sp³-hybridized carbons (Fsp3) is 0.500. The zero-order valence-electron chi connectivity index (χ0n) is 9.91. The highest BCUT2D eigenvalue weighted by Crippen LogP contribution is 2.19. The average Bonchev–Trinajstić information content (AvgIpc) is 2.93. The molecule has 12 nitrogen and oxygen atoms in total. The van der Waals surface area contributed by atoms with Gasteiger partial charge in [0.1, 0.15) is 12.2 Å². The summed E-state index contributed by atoms with van der Waals surface area (Å²) in [6.07, 6.45) is -3.92. The number of rotatable bonds is 2. The van der Waals surface area contributed by atoms with Gasteiger partial charge in [0.05, 0.1) is 6.61 Å². The lowest BCUT2D eigenvalue weighted by atomic mass is 10.2. The molecule has 2 aromatic rings. The minimum Gasteiger partial charge on any atom is -0.393 e. The van der Waals surface area contributed by atoms with Crippen molar-refractivity contribution in [2.45, 2.75) is 18.4 Å². The first-order valence-electron chi connectivity index (χ1n) is 5.57. The topological polar surface area (TPSA) is 176 Å². The summed E-state index contributed by atoms with van der Waals surface area (Å²) in [5.41, 5.74) is 4.64. The Balaban J connectivity index is 2.09. The number of nitrogens with zero attached hydrogens (tertiary/aromatic N) is 5. The van der Waals surface area contributed by atoms with E-state index in [2.05, 4.69) is 20.3 Å². The Morgan fingerprint density at radius 1 is 1.45 bits per heavy atom. The largest absolute Gasteiger partial charge is 0.393 e. The summed E-state index contributed by atoms with van der Waals surface area (Å²) in [5, 5.41) is 36.5. The van der Waals surface area contributed by atoms with Crippen LogP contribution < -0.4 is 16.5 Å². The van der Waals surface area contributed by atoms with Crippen LogP contribution in [0.5, 0.6) is 0 Å². The van der Waals surface area contributed by atoms with Crippen LogP contribution in [0.25, 0.3) is 11.2 Å². The monoisotopic (exact) mass is 285 g/mol. The van der Waals surface area contributed by atoms with E-state index in [0.29, 0.717) is 0 Å². The highest BCUT2D eigenvalue weighted by molar-refractivity contribution is 5.69. The third kappa shape index (κ3) is 1.70. The van der Waals surface area contributed by atoms with E-state index in [4.69, 9.17) is 15.7 Å². The van der Waals surface area contributed by atoms with Gasteiger partial charge in [0.15, 0.2) is 11.7 Å². The van der Waals surface area contributed by atoms with Crippen molar-refractivity contribution in [2.24, 2.45) is 0 Å². The van der Waals surface area contributed by atoms with Gasteiger partial charge in [0.25, 0.3) is 5.56 Å². The van der Waals surface area contributed by atoms with Crippen LogP contribution in [0.4, 0.5) is 5.95 Å². The lowest BCUT2D eigenvalue weighted by Gasteiger charge is -2.19. The molecule has 12 heteroatoms. The van der Waals surface area contributed by atoms with E-state index < -0.39 is 30.6 Å². The maximum absolute atomic E-state index is 11.6. The number of anilines is 1. The number of aromatic amines is 1. The molecule has 0 amide bonds. The fourth-order valence-corrected chi connectivity index (χ4v) is 1.85. The third-order valence-electron chi connectivity index (χ3n) is 2.84. The van der Waals surface area contributed by atoms with Crippen LogP contribution in [0.15, 0.2) is 4.79 Å². The number of fused-ring (bicyclic) bond motifs is 1. The lowest BCUT2D eigenvalue weighted by molar-refractivity contribution is -0.0249. The quantitative estimate of drug-likeness (QED) is 0.365. The molecule has 1 aliphatic heterocycles. The summed E-state index contributed by atoms with van der Waals surface area (Å²) in [5.74, 6) is -0.168. The molecular formula is C8H11N7O5. The number of nitrogen functional groups attached to an aromatic ring is 1. The molecule has 108 valence electrons. The Bertz CT molecular complexity index is 698. The van der Waals surface area contributed by atoms with Crippen LogP contribution >= 0.6 is 0 Å². The van der Waals surface area contributed by atoms with E-state index in [0.717, 1.165) is 9.96 Å². The molecular weight excluding hydrogens is 274 g/mol. The first-order valence-corrected chi connectivity index (χ1v) is 5.57. The van der Waals surface area contributed by atoms with Crippen molar-refractivity contribution in [3.05, 3.63) is 10.4 Å². The highest BCUT2D eigenvalue weighted by Gasteiger charge is 2.43. The molecule has 3 heterocycles. The maximum Gasteiger partial charge on any atom is 0.282 e. The summed E-state index contributed by atoms with van der Waals surface area (Å²) in [4.78, 5) is 23.7. The molecule has 1 aliphatic rings. The van der Waals surface area contributed by atoms with Crippen molar-refractivity contribution in [1.29, 1.82) is 0 Å². The Hall–Kier alpha value is -2.28.